The fourth-order valence-electron chi connectivity index (χ4n) is 3.52. The minimum absolute atomic E-state index is 0.0381. The molecule has 1 amide bonds. The minimum Gasteiger partial charge on any atom is -0.495 e. The van der Waals surface area contributed by atoms with Crippen molar-refractivity contribution in [2.24, 2.45) is 0 Å². The Morgan fingerprint density at radius 1 is 1.18 bits per heavy atom. The van der Waals surface area contributed by atoms with Gasteiger partial charge in [-0.15, -0.1) is 10.2 Å². The molecule has 0 unspecified atom stereocenters. The quantitative estimate of drug-likeness (QED) is 0.536. The van der Waals surface area contributed by atoms with Crippen LogP contribution in [0.5, 0.6) is 5.75 Å². The molecule has 10 nitrogen and oxygen atoms in total. The molecular weight excluding hydrogens is 464 g/mol. The van der Waals surface area contributed by atoms with Crippen LogP contribution in [0.3, 0.4) is 0 Å². The van der Waals surface area contributed by atoms with E-state index < -0.39 is 15.9 Å². The van der Waals surface area contributed by atoms with Crippen LogP contribution >= 0.6 is 11.3 Å². The van der Waals surface area contributed by atoms with Crippen molar-refractivity contribution in [3.63, 3.8) is 0 Å². The summed E-state index contributed by atoms with van der Waals surface area (Å²) in [5, 5.41) is 11.8. The van der Waals surface area contributed by atoms with Gasteiger partial charge >= 0.3 is 0 Å². The van der Waals surface area contributed by atoms with Gasteiger partial charge in [-0.1, -0.05) is 24.3 Å². The van der Waals surface area contributed by atoms with Gasteiger partial charge < -0.3 is 4.74 Å². The first-order valence-corrected chi connectivity index (χ1v) is 12.7. The summed E-state index contributed by atoms with van der Waals surface area (Å²) >= 11 is 1.28. The molecule has 0 spiro atoms. The van der Waals surface area contributed by atoms with Crippen LogP contribution in [0.25, 0.3) is 0 Å². The molecule has 4 rings (SSSR count). The van der Waals surface area contributed by atoms with Gasteiger partial charge in [-0.3, -0.25) is 15.0 Å². The van der Waals surface area contributed by atoms with E-state index >= 15 is 0 Å². The smallest absolute Gasteiger partial charge is 0.274 e. The second-order valence-corrected chi connectivity index (χ2v) is 10.3. The lowest BCUT2D eigenvalue weighted by Crippen LogP contribution is -2.49. The van der Waals surface area contributed by atoms with Crippen molar-refractivity contribution in [2.45, 2.75) is 18.2 Å². The Hall–Kier alpha value is -3.09. The Morgan fingerprint density at radius 3 is 2.61 bits per heavy atom. The summed E-state index contributed by atoms with van der Waals surface area (Å²) in [7, 11) is -2.47. The van der Waals surface area contributed by atoms with Crippen molar-refractivity contribution >= 4 is 38.2 Å². The van der Waals surface area contributed by atoms with E-state index in [9.17, 15) is 13.2 Å². The van der Waals surface area contributed by atoms with Crippen LogP contribution < -0.4 is 19.9 Å². The van der Waals surface area contributed by atoms with Gasteiger partial charge in [-0.25, -0.2) is 13.4 Å². The lowest BCUT2D eigenvalue weighted by Gasteiger charge is -2.30. The molecule has 1 fully saturated rings. The van der Waals surface area contributed by atoms with Crippen molar-refractivity contribution in [3.8, 4) is 5.75 Å². The van der Waals surface area contributed by atoms with E-state index in [1.165, 1.54) is 41.0 Å². The summed E-state index contributed by atoms with van der Waals surface area (Å²) < 4.78 is 33.6. The molecule has 1 aliphatic rings. The van der Waals surface area contributed by atoms with Crippen molar-refractivity contribution in [3.05, 3.63) is 53.2 Å². The lowest BCUT2D eigenvalue weighted by molar-refractivity contribution is -0.364. The summed E-state index contributed by atoms with van der Waals surface area (Å²) in [4.78, 5) is 18.0. The number of ether oxygens (including phenoxy) is 1. The Balaban J connectivity index is 1.53. The normalized spacial score (nSPS) is 14.8. The van der Waals surface area contributed by atoms with Gasteiger partial charge in [0.15, 0.2) is 0 Å². The zero-order chi connectivity index (χ0) is 23.4. The predicted octanol–water partition coefficient (Wildman–Crippen LogP) is 1.69. The maximum Gasteiger partial charge on any atom is 0.274 e. The van der Waals surface area contributed by atoms with Crippen molar-refractivity contribution in [1.82, 2.24) is 14.5 Å². The molecule has 12 heteroatoms. The first-order valence-electron chi connectivity index (χ1n) is 10.5. The van der Waals surface area contributed by atoms with Crippen LogP contribution in [-0.4, -0.2) is 62.1 Å². The Labute approximate surface area is 196 Å². The number of methoxy groups -OCH3 is 1. The molecule has 1 saturated heterocycles. The fraction of sp³-hybridized carbons (Fsp3) is 0.333. The number of carbonyl (C=O) groups is 1. The Kier molecular flexibility index (Phi) is 6.86. The third-order valence-corrected chi connectivity index (χ3v) is 8.21. The Bertz CT molecular complexity index is 1220. The highest BCUT2D eigenvalue weighted by atomic mass is 32.2. The number of hydrogen-bond donors (Lipinski definition) is 1. The van der Waals surface area contributed by atoms with Crippen LogP contribution in [0, 0.1) is 0 Å². The summed E-state index contributed by atoms with van der Waals surface area (Å²) in [6.07, 6.45) is 2.55. The highest BCUT2D eigenvalue weighted by Gasteiger charge is 2.34. The average Bonchev–Trinajstić information content (AvgIpc) is 3.31. The topological polar surface area (TPSA) is 119 Å². The van der Waals surface area contributed by atoms with E-state index in [0.29, 0.717) is 37.7 Å². The van der Waals surface area contributed by atoms with Crippen molar-refractivity contribution < 1.29 is 22.9 Å². The third kappa shape index (κ3) is 4.97. The van der Waals surface area contributed by atoms with Crippen LogP contribution in [0.4, 0.5) is 10.9 Å². The maximum absolute atomic E-state index is 13.5. The molecule has 33 heavy (non-hydrogen) atoms. The number of aryl methyl sites for hydroxylation is 1. The number of hydrogen-bond acceptors (Lipinski definition) is 8. The second kappa shape index (κ2) is 9.81. The molecule has 2 N–H and O–H groups in total. The number of pyridine rings is 1. The molecule has 1 aromatic carbocycles. The number of anilines is 2. The average molecular weight is 490 g/mol. The second-order valence-electron chi connectivity index (χ2n) is 7.31. The number of carbonyl (C=O) groups excluding carboxylic acids is 1. The number of sulfonamides is 1. The molecule has 1 aliphatic heterocycles. The molecular formula is C21H25N6O4S2+. The molecule has 2 aromatic heterocycles. The predicted molar refractivity (Wildman–Crippen MR) is 124 cm³/mol. The summed E-state index contributed by atoms with van der Waals surface area (Å²) in [6, 6.07) is 10.2. The van der Waals surface area contributed by atoms with Gasteiger partial charge in [0.1, 0.15) is 15.7 Å². The molecule has 0 bridgehead atoms. The molecule has 174 valence electrons. The molecule has 3 heterocycles. The number of H-pyrrole nitrogens is 1. The van der Waals surface area contributed by atoms with Gasteiger partial charge in [0.05, 0.1) is 39.5 Å². The van der Waals surface area contributed by atoms with Crippen LogP contribution in [0.2, 0.25) is 0 Å². The van der Waals surface area contributed by atoms with E-state index in [1.54, 1.807) is 0 Å². The molecule has 0 saturated carbocycles. The van der Waals surface area contributed by atoms with Gasteiger partial charge in [0.2, 0.25) is 15.2 Å². The number of aromatic amines is 1. The summed E-state index contributed by atoms with van der Waals surface area (Å²) in [5.74, 6) is 0.667. The van der Waals surface area contributed by atoms with E-state index in [0.717, 1.165) is 10.8 Å². The number of aromatic nitrogens is 3. The van der Waals surface area contributed by atoms with Gasteiger partial charge in [-0.05, 0) is 30.7 Å². The lowest BCUT2D eigenvalue weighted by atomic mass is 10.2. The Morgan fingerprint density at radius 2 is 1.97 bits per heavy atom. The minimum atomic E-state index is -3.87. The third-order valence-electron chi connectivity index (χ3n) is 5.31. The SMILES string of the molecule is CCc1nnc(NC(=O)c2ccc(OC)c(S(=O)(=O)N3CCN(c4cccc[nH+]4)CC3)c2)s1. The number of rotatable bonds is 7. The van der Waals surface area contributed by atoms with Gasteiger partial charge in [0.25, 0.3) is 11.7 Å². The first kappa shape index (κ1) is 23.1. The number of benzene rings is 1. The van der Waals surface area contributed by atoms with Crippen LogP contribution in [-0.2, 0) is 16.4 Å². The van der Waals surface area contributed by atoms with Gasteiger partial charge in [-0.2, -0.15) is 4.31 Å². The number of nitrogens with one attached hydrogen (secondary N) is 2. The van der Waals surface area contributed by atoms with Crippen molar-refractivity contribution in [1.29, 1.82) is 0 Å². The summed E-state index contributed by atoms with van der Waals surface area (Å²) in [5.41, 5.74) is 0.195. The highest BCUT2D eigenvalue weighted by molar-refractivity contribution is 7.89. The summed E-state index contributed by atoms with van der Waals surface area (Å²) in [6.45, 7) is 3.66. The zero-order valence-electron chi connectivity index (χ0n) is 18.3. The number of nitrogens with zero attached hydrogens (tertiary/aromatic N) is 4. The van der Waals surface area contributed by atoms with E-state index in [4.69, 9.17) is 4.74 Å². The number of piperazine rings is 1. The maximum atomic E-state index is 13.5. The zero-order valence-corrected chi connectivity index (χ0v) is 19.9. The molecule has 0 atom stereocenters. The van der Waals surface area contributed by atoms with E-state index in [-0.39, 0.29) is 16.2 Å². The van der Waals surface area contributed by atoms with E-state index in [1.807, 2.05) is 31.3 Å². The monoisotopic (exact) mass is 489 g/mol. The molecule has 0 radical (unpaired) electrons. The van der Waals surface area contributed by atoms with Gasteiger partial charge in [0, 0.05) is 11.6 Å². The van der Waals surface area contributed by atoms with E-state index in [2.05, 4.69) is 25.4 Å². The molecule has 3 aromatic rings. The largest absolute Gasteiger partial charge is 0.495 e. The highest BCUT2D eigenvalue weighted by Crippen LogP contribution is 2.29. The fourth-order valence-corrected chi connectivity index (χ4v) is 5.80. The van der Waals surface area contributed by atoms with Crippen molar-refractivity contribution in [2.75, 3.05) is 43.5 Å². The standard InChI is InChI=1S/C21H24N6O4S2/c1-3-19-24-25-21(32-19)23-20(28)15-7-8-16(31-2)17(14-15)33(29,30)27-12-10-26(11-13-27)18-6-4-5-9-22-18/h4-9,14H,3,10-13H2,1-2H3,(H,23,25,28)/p+1. The number of amides is 1. The van der Waals surface area contributed by atoms with Crippen LogP contribution in [0.1, 0.15) is 22.3 Å². The van der Waals surface area contributed by atoms with Crippen LogP contribution in [0.15, 0.2) is 47.5 Å². The molecule has 0 aliphatic carbocycles. The first-order chi connectivity index (χ1) is 15.9.